The predicted molar refractivity (Wildman–Crippen MR) is 82.7 cm³/mol. The van der Waals surface area contributed by atoms with Gasteiger partial charge < -0.3 is 15.4 Å². The van der Waals surface area contributed by atoms with Crippen molar-refractivity contribution in [2.45, 2.75) is 31.7 Å². The van der Waals surface area contributed by atoms with Crippen molar-refractivity contribution in [1.82, 2.24) is 10.6 Å². The third-order valence-electron chi connectivity index (χ3n) is 3.60. The Balaban J connectivity index is 0.00000200. The largest absolute Gasteiger partial charge is 0.497 e. The van der Waals surface area contributed by atoms with Crippen LogP contribution in [0.25, 0.3) is 0 Å². The van der Waals surface area contributed by atoms with Gasteiger partial charge in [0.05, 0.1) is 7.11 Å². The molecule has 20 heavy (non-hydrogen) atoms. The van der Waals surface area contributed by atoms with Gasteiger partial charge in [-0.25, -0.2) is 0 Å². The lowest BCUT2D eigenvalue weighted by Gasteiger charge is -2.15. The number of benzene rings is 1. The van der Waals surface area contributed by atoms with Gasteiger partial charge in [-0.05, 0) is 36.6 Å². The van der Waals surface area contributed by atoms with E-state index in [4.69, 9.17) is 4.74 Å². The van der Waals surface area contributed by atoms with Gasteiger partial charge in [0.15, 0.2) is 0 Å². The minimum atomic E-state index is 0. The van der Waals surface area contributed by atoms with Gasteiger partial charge in [-0.3, -0.25) is 4.79 Å². The molecule has 5 heteroatoms. The lowest BCUT2D eigenvalue weighted by Crippen LogP contribution is -2.36. The number of amides is 1. The van der Waals surface area contributed by atoms with E-state index in [1.807, 2.05) is 24.3 Å². The second kappa shape index (κ2) is 8.12. The Morgan fingerprint density at radius 2 is 2.15 bits per heavy atom. The van der Waals surface area contributed by atoms with Crippen molar-refractivity contribution >= 4 is 18.3 Å². The van der Waals surface area contributed by atoms with Crippen LogP contribution in [0, 0.1) is 0 Å². The molecule has 1 fully saturated rings. The molecule has 0 spiro atoms. The van der Waals surface area contributed by atoms with E-state index in [9.17, 15) is 4.79 Å². The van der Waals surface area contributed by atoms with Crippen LogP contribution in [0.1, 0.15) is 31.2 Å². The number of hydrogen-bond acceptors (Lipinski definition) is 3. The van der Waals surface area contributed by atoms with Crippen molar-refractivity contribution in [2.75, 3.05) is 20.2 Å². The molecule has 1 aliphatic heterocycles. The first-order valence-corrected chi connectivity index (χ1v) is 6.83. The number of ether oxygens (including phenoxy) is 1. The zero-order valence-corrected chi connectivity index (χ0v) is 12.8. The van der Waals surface area contributed by atoms with Crippen LogP contribution in [-0.4, -0.2) is 32.1 Å². The lowest BCUT2D eigenvalue weighted by atomic mass is 9.97. The monoisotopic (exact) mass is 298 g/mol. The van der Waals surface area contributed by atoms with Crippen LogP contribution in [-0.2, 0) is 4.79 Å². The van der Waals surface area contributed by atoms with E-state index in [2.05, 4.69) is 17.6 Å². The first-order valence-electron chi connectivity index (χ1n) is 6.83. The first-order chi connectivity index (χ1) is 9.19. The number of carbonyl (C=O) groups excluding carboxylic acids is 1. The van der Waals surface area contributed by atoms with E-state index in [1.54, 1.807) is 7.11 Å². The number of hydrogen-bond donors (Lipinski definition) is 2. The average Bonchev–Trinajstić information content (AvgIpc) is 2.91. The Bertz CT molecular complexity index is 416. The standard InChI is InChI=1S/C15H22N2O2.ClH/c1-11(12-3-5-14(19-2)6-4-12)9-15(18)17-13-7-8-16-10-13;/h3-6,11,13,16H,7-10H2,1-2H3,(H,17,18);1H. The fourth-order valence-electron chi connectivity index (χ4n) is 2.39. The molecule has 1 amide bonds. The maximum absolute atomic E-state index is 11.9. The third kappa shape index (κ3) is 4.69. The van der Waals surface area contributed by atoms with Crippen molar-refractivity contribution in [3.8, 4) is 5.75 Å². The lowest BCUT2D eigenvalue weighted by molar-refractivity contribution is -0.122. The first kappa shape index (κ1) is 16.8. The molecule has 0 aliphatic carbocycles. The molecule has 1 saturated heterocycles. The van der Waals surface area contributed by atoms with Crippen LogP contribution in [0.15, 0.2) is 24.3 Å². The highest BCUT2D eigenvalue weighted by Gasteiger charge is 2.18. The van der Waals surface area contributed by atoms with Gasteiger partial charge in [0, 0.05) is 19.0 Å². The molecule has 2 atom stereocenters. The van der Waals surface area contributed by atoms with Crippen molar-refractivity contribution in [1.29, 1.82) is 0 Å². The summed E-state index contributed by atoms with van der Waals surface area (Å²) >= 11 is 0. The van der Waals surface area contributed by atoms with Gasteiger partial charge in [-0.15, -0.1) is 12.4 Å². The van der Waals surface area contributed by atoms with Crippen LogP contribution in [0.3, 0.4) is 0 Å². The highest BCUT2D eigenvalue weighted by Crippen LogP contribution is 2.21. The molecular weight excluding hydrogens is 276 g/mol. The van der Waals surface area contributed by atoms with Gasteiger partial charge in [0.2, 0.25) is 5.91 Å². The van der Waals surface area contributed by atoms with Crippen molar-refractivity contribution in [2.24, 2.45) is 0 Å². The number of rotatable bonds is 5. The summed E-state index contributed by atoms with van der Waals surface area (Å²) < 4.78 is 5.13. The second-order valence-corrected chi connectivity index (χ2v) is 5.14. The molecule has 1 aromatic carbocycles. The summed E-state index contributed by atoms with van der Waals surface area (Å²) in [5.74, 6) is 1.20. The van der Waals surface area contributed by atoms with E-state index in [-0.39, 0.29) is 24.2 Å². The van der Waals surface area contributed by atoms with E-state index < -0.39 is 0 Å². The molecule has 0 bridgehead atoms. The van der Waals surface area contributed by atoms with E-state index in [1.165, 1.54) is 5.56 Å². The van der Waals surface area contributed by atoms with Gasteiger partial charge in [0.25, 0.3) is 0 Å². The fourth-order valence-corrected chi connectivity index (χ4v) is 2.39. The van der Waals surface area contributed by atoms with Crippen LogP contribution >= 0.6 is 12.4 Å². The minimum absolute atomic E-state index is 0. The number of methoxy groups -OCH3 is 1. The second-order valence-electron chi connectivity index (χ2n) is 5.14. The van der Waals surface area contributed by atoms with Crippen molar-refractivity contribution in [3.63, 3.8) is 0 Å². The molecular formula is C15H23ClN2O2. The van der Waals surface area contributed by atoms with Crippen LogP contribution in [0.5, 0.6) is 5.75 Å². The molecule has 4 nitrogen and oxygen atoms in total. The summed E-state index contributed by atoms with van der Waals surface area (Å²) in [7, 11) is 1.65. The minimum Gasteiger partial charge on any atom is -0.497 e. The number of halogens is 1. The molecule has 2 N–H and O–H groups in total. The number of nitrogens with one attached hydrogen (secondary N) is 2. The topological polar surface area (TPSA) is 50.4 Å². The summed E-state index contributed by atoms with van der Waals surface area (Å²) in [5, 5.41) is 6.32. The smallest absolute Gasteiger partial charge is 0.220 e. The summed E-state index contributed by atoms with van der Waals surface area (Å²) in [6, 6.07) is 8.22. The van der Waals surface area contributed by atoms with Crippen LogP contribution < -0.4 is 15.4 Å². The molecule has 1 aliphatic rings. The highest BCUT2D eigenvalue weighted by molar-refractivity contribution is 5.85. The molecule has 0 saturated carbocycles. The van der Waals surface area contributed by atoms with Crippen LogP contribution in [0.4, 0.5) is 0 Å². The summed E-state index contributed by atoms with van der Waals surface area (Å²) in [6.45, 7) is 3.97. The Kier molecular flexibility index (Phi) is 6.82. The maximum atomic E-state index is 11.9. The van der Waals surface area contributed by atoms with Crippen molar-refractivity contribution in [3.05, 3.63) is 29.8 Å². The van der Waals surface area contributed by atoms with Gasteiger partial charge in [-0.2, -0.15) is 0 Å². The molecule has 2 unspecified atom stereocenters. The molecule has 0 radical (unpaired) electrons. The molecule has 1 aromatic rings. The SMILES string of the molecule is COc1ccc(C(C)CC(=O)NC2CCNC2)cc1.Cl. The van der Waals surface area contributed by atoms with Gasteiger partial charge in [0.1, 0.15) is 5.75 Å². The van der Waals surface area contributed by atoms with Crippen molar-refractivity contribution < 1.29 is 9.53 Å². The Labute approximate surface area is 126 Å². The molecule has 0 aromatic heterocycles. The predicted octanol–water partition coefficient (Wildman–Crippen LogP) is 2.09. The maximum Gasteiger partial charge on any atom is 0.220 e. The van der Waals surface area contributed by atoms with Gasteiger partial charge >= 0.3 is 0 Å². The Hall–Kier alpha value is -1.26. The summed E-state index contributed by atoms with van der Waals surface area (Å²) in [5.41, 5.74) is 1.17. The summed E-state index contributed by atoms with van der Waals surface area (Å²) in [4.78, 5) is 11.9. The fraction of sp³-hybridized carbons (Fsp3) is 0.533. The Morgan fingerprint density at radius 3 is 2.70 bits per heavy atom. The van der Waals surface area contributed by atoms with E-state index >= 15 is 0 Å². The van der Waals surface area contributed by atoms with E-state index in [0.717, 1.165) is 25.3 Å². The average molecular weight is 299 g/mol. The highest BCUT2D eigenvalue weighted by atomic mass is 35.5. The zero-order chi connectivity index (χ0) is 13.7. The molecule has 2 rings (SSSR count). The zero-order valence-electron chi connectivity index (χ0n) is 12.0. The van der Waals surface area contributed by atoms with Gasteiger partial charge in [-0.1, -0.05) is 19.1 Å². The molecule has 1 heterocycles. The quantitative estimate of drug-likeness (QED) is 0.875. The normalized spacial score (nSPS) is 19.0. The third-order valence-corrected chi connectivity index (χ3v) is 3.60. The Morgan fingerprint density at radius 1 is 1.45 bits per heavy atom. The summed E-state index contributed by atoms with van der Waals surface area (Å²) in [6.07, 6.45) is 1.56. The number of carbonyl (C=O) groups is 1. The molecule has 112 valence electrons. The van der Waals surface area contributed by atoms with E-state index in [0.29, 0.717) is 12.5 Å². The van der Waals surface area contributed by atoms with Crippen LogP contribution in [0.2, 0.25) is 0 Å².